The van der Waals surface area contributed by atoms with Gasteiger partial charge >= 0.3 is 5.97 Å². The molecule has 0 spiro atoms. The number of nitrogens with zero attached hydrogens (tertiary/aromatic N) is 1. The molecule has 2 aromatic rings. The maximum atomic E-state index is 11.5. The fraction of sp³-hybridized carbons (Fsp3) is 0.214. The molecule has 7 heteroatoms. The van der Waals surface area contributed by atoms with Crippen molar-refractivity contribution in [2.24, 2.45) is 0 Å². The summed E-state index contributed by atoms with van der Waals surface area (Å²) in [6.07, 6.45) is 1.23. The Balaban J connectivity index is 2.19. The predicted octanol–water partition coefficient (Wildman–Crippen LogP) is 1.06. The molecular formula is C14H15N3O4. The maximum absolute atomic E-state index is 11.5. The number of methoxy groups -OCH3 is 1. The molecule has 0 saturated carbocycles. The normalized spacial score (nSPS) is 11.7. The van der Waals surface area contributed by atoms with E-state index in [1.165, 1.54) is 13.4 Å². The summed E-state index contributed by atoms with van der Waals surface area (Å²) in [5.74, 6) is -1.48. The van der Waals surface area contributed by atoms with Crippen molar-refractivity contribution >= 4 is 11.8 Å². The number of ether oxygens (including phenoxy) is 1. The highest BCUT2D eigenvalue weighted by Crippen LogP contribution is 2.19. The van der Waals surface area contributed by atoms with Crippen LogP contribution in [0.4, 0.5) is 5.82 Å². The summed E-state index contributed by atoms with van der Waals surface area (Å²) in [5.41, 5.74) is 0.239. The number of hydrogen-bond donors (Lipinski definition) is 3. The Kier molecular flexibility index (Phi) is 4.55. The van der Waals surface area contributed by atoms with Crippen LogP contribution in [0.1, 0.15) is 11.5 Å². The smallest absolute Gasteiger partial charge is 0.312 e. The number of nitrogens with one attached hydrogen (secondary N) is 2. The van der Waals surface area contributed by atoms with Crippen molar-refractivity contribution in [3.63, 3.8) is 0 Å². The monoisotopic (exact) mass is 289 g/mol. The van der Waals surface area contributed by atoms with Gasteiger partial charge in [-0.25, -0.2) is 4.98 Å². The molecule has 1 unspecified atom stereocenters. The van der Waals surface area contributed by atoms with Crippen LogP contribution in [-0.2, 0) is 4.79 Å². The number of aromatic amines is 1. The molecule has 0 amide bonds. The van der Waals surface area contributed by atoms with Crippen LogP contribution in [-0.4, -0.2) is 34.7 Å². The molecule has 21 heavy (non-hydrogen) atoms. The zero-order valence-corrected chi connectivity index (χ0v) is 11.4. The molecule has 1 heterocycles. The number of aromatic nitrogens is 2. The van der Waals surface area contributed by atoms with Gasteiger partial charge in [0.15, 0.2) is 5.82 Å². The lowest BCUT2D eigenvalue weighted by atomic mass is 9.99. The standard InChI is InChI=1S/C14H15N3O4/c1-21-11-12(16-8-17-13(11)18)15-7-10(14(19)20)9-5-3-2-4-6-9/h2-6,8,10H,7H2,1H3,(H,19,20)(H2,15,16,17,18). The highest BCUT2D eigenvalue weighted by atomic mass is 16.5. The van der Waals surface area contributed by atoms with E-state index >= 15 is 0 Å². The highest BCUT2D eigenvalue weighted by molar-refractivity contribution is 5.77. The number of H-pyrrole nitrogens is 1. The molecule has 0 radical (unpaired) electrons. The van der Waals surface area contributed by atoms with Crippen LogP contribution in [0.5, 0.6) is 5.75 Å². The van der Waals surface area contributed by atoms with E-state index in [0.717, 1.165) is 0 Å². The van der Waals surface area contributed by atoms with Gasteiger partial charge in [-0.3, -0.25) is 9.59 Å². The number of hydrogen-bond acceptors (Lipinski definition) is 5. The Bertz CT molecular complexity index is 669. The summed E-state index contributed by atoms with van der Waals surface area (Å²) < 4.78 is 4.96. The minimum Gasteiger partial charge on any atom is -0.489 e. The molecule has 3 N–H and O–H groups in total. The minimum absolute atomic E-state index is 0.0229. The number of carboxylic acids is 1. The van der Waals surface area contributed by atoms with Gasteiger partial charge in [-0.1, -0.05) is 30.3 Å². The van der Waals surface area contributed by atoms with Crippen molar-refractivity contribution in [2.75, 3.05) is 19.0 Å². The van der Waals surface area contributed by atoms with Gasteiger partial charge in [-0.05, 0) is 5.56 Å². The largest absolute Gasteiger partial charge is 0.489 e. The first-order valence-electron chi connectivity index (χ1n) is 6.26. The van der Waals surface area contributed by atoms with Crippen LogP contribution in [0.2, 0.25) is 0 Å². The Hall–Kier alpha value is -2.83. The van der Waals surface area contributed by atoms with Gasteiger partial charge in [0.2, 0.25) is 5.75 Å². The number of carbonyl (C=O) groups is 1. The van der Waals surface area contributed by atoms with E-state index in [0.29, 0.717) is 5.56 Å². The third-order valence-electron chi connectivity index (χ3n) is 2.99. The van der Waals surface area contributed by atoms with Crippen molar-refractivity contribution in [3.05, 3.63) is 52.6 Å². The van der Waals surface area contributed by atoms with E-state index in [4.69, 9.17) is 4.74 Å². The average molecular weight is 289 g/mol. The van der Waals surface area contributed by atoms with Gasteiger partial charge < -0.3 is 20.1 Å². The highest BCUT2D eigenvalue weighted by Gasteiger charge is 2.20. The molecule has 0 saturated heterocycles. The fourth-order valence-corrected chi connectivity index (χ4v) is 1.93. The molecule has 0 fully saturated rings. The third kappa shape index (κ3) is 3.38. The average Bonchev–Trinajstić information content (AvgIpc) is 2.48. The SMILES string of the molecule is COc1c(NCC(C(=O)O)c2ccccc2)nc[nH]c1=O. The number of carboxylic acid groups (broad SMARTS) is 1. The van der Waals surface area contributed by atoms with Crippen LogP contribution < -0.4 is 15.6 Å². The summed E-state index contributed by atoms with van der Waals surface area (Å²) in [6, 6.07) is 8.84. The quantitative estimate of drug-likeness (QED) is 0.734. The summed E-state index contributed by atoms with van der Waals surface area (Å²) in [6.45, 7) is 0.0894. The van der Waals surface area contributed by atoms with Crippen molar-refractivity contribution in [3.8, 4) is 5.75 Å². The number of rotatable bonds is 6. The molecule has 7 nitrogen and oxygen atoms in total. The molecule has 110 valence electrons. The Morgan fingerprint density at radius 2 is 2.14 bits per heavy atom. The van der Waals surface area contributed by atoms with Crippen LogP contribution >= 0.6 is 0 Å². The molecule has 0 aliphatic heterocycles. The third-order valence-corrected chi connectivity index (χ3v) is 2.99. The molecule has 1 aromatic carbocycles. The summed E-state index contributed by atoms with van der Waals surface area (Å²) in [4.78, 5) is 29.3. The lowest BCUT2D eigenvalue weighted by Crippen LogP contribution is -2.23. The van der Waals surface area contributed by atoms with Gasteiger partial charge in [-0.15, -0.1) is 0 Å². The first-order chi connectivity index (χ1) is 10.1. The van der Waals surface area contributed by atoms with Crippen molar-refractivity contribution in [1.29, 1.82) is 0 Å². The van der Waals surface area contributed by atoms with E-state index < -0.39 is 17.4 Å². The first-order valence-corrected chi connectivity index (χ1v) is 6.26. The second-order valence-corrected chi connectivity index (χ2v) is 4.30. The van der Waals surface area contributed by atoms with Crippen molar-refractivity contribution in [1.82, 2.24) is 9.97 Å². The lowest BCUT2D eigenvalue weighted by Gasteiger charge is -2.15. The van der Waals surface area contributed by atoms with Crippen LogP contribution in [0.25, 0.3) is 0 Å². The second-order valence-electron chi connectivity index (χ2n) is 4.30. The van der Waals surface area contributed by atoms with Gasteiger partial charge in [0.1, 0.15) is 0 Å². The van der Waals surface area contributed by atoms with Crippen molar-refractivity contribution in [2.45, 2.75) is 5.92 Å². The lowest BCUT2D eigenvalue weighted by molar-refractivity contribution is -0.138. The molecule has 1 atom stereocenters. The molecular weight excluding hydrogens is 274 g/mol. The zero-order valence-electron chi connectivity index (χ0n) is 11.4. The van der Waals surface area contributed by atoms with E-state index in [9.17, 15) is 14.7 Å². The molecule has 0 aliphatic rings. The summed E-state index contributed by atoms with van der Waals surface area (Å²) in [7, 11) is 1.35. The first kappa shape index (κ1) is 14.6. The Morgan fingerprint density at radius 3 is 2.76 bits per heavy atom. The van der Waals surface area contributed by atoms with E-state index in [1.54, 1.807) is 24.3 Å². The van der Waals surface area contributed by atoms with Gasteiger partial charge in [0.25, 0.3) is 5.56 Å². The Morgan fingerprint density at radius 1 is 1.43 bits per heavy atom. The summed E-state index contributed by atoms with van der Waals surface area (Å²) >= 11 is 0. The molecule has 1 aromatic heterocycles. The minimum atomic E-state index is -0.961. The van der Waals surface area contributed by atoms with Gasteiger partial charge in [0.05, 0.1) is 19.4 Å². The van der Waals surface area contributed by atoms with E-state index in [2.05, 4.69) is 15.3 Å². The fourth-order valence-electron chi connectivity index (χ4n) is 1.93. The molecule has 2 rings (SSSR count). The van der Waals surface area contributed by atoms with Crippen LogP contribution in [0.3, 0.4) is 0 Å². The second kappa shape index (κ2) is 6.56. The maximum Gasteiger partial charge on any atom is 0.312 e. The van der Waals surface area contributed by atoms with E-state index in [-0.39, 0.29) is 18.1 Å². The number of benzene rings is 1. The topological polar surface area (TPSA) is 104 Å². The number of aliphatic carboxylic acids is 1. The Labute approximate surface area is 120 Å². The van der Waals surface area contributed by atoms with Crippen LogP contribution in [0, 0.1) is 0 Å². The summed E-state index contributed by atoms with van der Waals surface area (Å²) in [5, 5.41) is 12.2. The number of anilines is 1. The van der Waals surface area contributed by atoms with Crippen LogP contribution in [0.15, 0.2) is 41.5 Å². The predicted molar refractivity (Wildman–Crippen MR) is 76.7 cm³/mol. The molecule has 0 aliphatic carbocycles. The van der Waals surface area contributed by atoms with Gasteiger partial charge in [0, 0.05) is 6.54 Å². The zero-order chi connectivity index (χ0) is 15.2. The van der Waals surface area contributed by atoms with Gasteiger partial charge in [-0.2, -0.15) is 0 Å². The molecule has 0 bridgehead atoms. The van der Waals surface area contributed by atoms with E-state index in [1.807, 2.05) is 6.07 Å². The van der Waals surface area contributed by atoms with Crippen molar-refractivity contribution < 1.29 is 14.6 Å².